The Labute approximate surface area is 114 Å². The van der Waals surface area contributed by atoms with Crippen LogP contribution in [0.2, 0.25) is 0 Å². The molecule has 0 spiro atoms. The number of urea groups is 1. The van der Waals surface area contributed by atoms with Crippen LogP contribution in [0.3, 0.4) is 0 Å². The van der Waals surface area contributed by atoms with Gasteiger partial charge in [0, 0.05) is 19.6 Å². The molecule has 1 saturated heterocycles. The molecule has 1 fully saturated rings. The highest BCUT2D eigenvalue weighted by Crippen LogP contribution is 2.11. The molecule has 0 bridgehead atoms. The lowest BCUT2D eigenvalue weighted by Crippen LogP contribution is -2.52. The molecule has 1 heterocycles. The molecular weight excluding hydrogens is 248 g/mol. The lowest BCUT2D eigenvalue weighted by Gasteiger charge is -2.35. The van der Waals surface area contributed by atoms with Crippen molar-refractivity contribution in [2.24, 2.45) is 5.92 Å². The zero-order valence-corrected chi connectivity index (χ0v) is 11.9. The maximum atomic E-state index is 12.0. The molecule has 2 amide bonds. The minimum Gasteiger partial charge on any atom is -0.481 e. The van der Waals surface area contributed by atoms with Gasteiger partial charge in [-0.2, -0.15) is 0 Å². The smallest absolute Gasteiger partial charge is 0.317 e. The van der Waals surface area contributed by atoms with Crippen LogP contribution in [-0.4, -0.2) is 53.8 Å². The zero-order valence-electron chi connectivity index (χ0n) is 11.9. The first-order valence-corrected chi connectivity index (χ1v) is 6.85. The molecule has 1 aliphatic rings. The van der Waals surface area contributed by atoms with Gasteiger partial charge in [0.2, 0.25) is 0 Å². The number of hydrogen-bond donors (Lipinski definition) is 2. The highest BCUT2D eigenvalue weighted by atomic mass is 16.5. The van der Waals surface area contributed by atoms with Crippen LogP contribution in [0.1, 0.15) is 33.6 Å². The molecule has 0 radical (unpaired) electrons. The van der Waals surface area contributed by atoms with Crippen LogP contribution in [-0.2, 0) is 9.53 Å². The Morgan fingerprint density at radius 2 is 1.95 bits per heavy atom. The summed E-state index contributed by atoms with van der Waals surface area (Å²) in [4.78, 5) is 24.7. The Morgan fingerprint density at radius 3 is 2.42 bits per heavy atom. The highest BCUT2D eigenvalue weighted by molar-refractivity contribution is 5.76. The normalized spacial score (nSPS) is 24.9. The summed E-state index contributed by atoms with van der Waals surface area (Å²) in [7, 11) is 0. The summed E-state index contributed by atoms with van der Waals surface area (Å²) in [6.07, 6.45) is 1.39. The van der Waals surface area contributed by atoms with E-state index < -0.39 is 11.9 Å². The summed E-state index contributed by atoms with van der Waals surface area (Å²) in [5.74, 6) is -1.37. The fourth-order valence-electron chi connectivity index (χ4n) is 2.33. The lowest BCUT2D eigenvalue weighted by molar-refractivity contribution is -0.141. The van der Waals surface area contributed by atoms with Crippen molar-refractivity contribution in [2.45, 2.75) is 45.8 Å². The van der Waals surface area contributed by atoms with E-state index in [0.29, 0.717) is 19.5 Å². The first-order valence-electron chi connectivity index (χ1n) is 6.85. The van der Waals surface area contributed by atoms with Gasteiger partial charge in [0.05, 0.1) is 18.1 Å². The summed E-state index contributed by atoms with van der Waals surface area (Å²) in [6, 6.07) is -0.204. The molecule has 6 heteroatoms. The average Bonchev–Trinajstić information content (AvgIpc) is 2.32. The Hall–Kier alpha value is -1.30. The van der Waals surface area contributed by atoms with E-state index in [1.165, 1.54) is 0 Å². The molecular formula is C13H24N2O4. The summed E-state index contributed by atoms with van der Waals surface area (Å²) < 4.78 is 5.55. The van der Waals surface area contributed by atoms with Gasteiger partial charge in [0.15, 0.2) is 0 Å². The topological polar surface area (TPSA) is 78.9 Å². The Bertz CT molecular complexity index is 312. The van der Waals surface area contributed by atoms with Gasteiger partial charge in [0.1, 0.15) is 0 Å². The van der Waals surface area contributed by atoms with Crippen molar-refractivity contribution in [1.29, 1.82) is 0 Å². The Kier molecular flexibility index (Phi) is 6.08. The molecule has 1 aliphatic heterocycles. The standard InChI is InChI=1S/C13H24N2O4/c1-4-5-11(12(16)17)6-14-13(18)15-7-9(2)19-10(3)8-15/h9-11H,4-8H2,1-3H3,(H,14,18)(H,16,17). The van der Waals surface area contributed by atoms with E-state index in [2.05, 4.69) is 5.32 Å². The van der Waals surface area contributed by atoms with Crippen LogP contribution in [0.25, 0.3) is 0 Å². The van der Waals surface area contributed by atoms with Crippen molar-refractivity contribution in [3.63, 3.8) is 0 Å². The SMILES string of the molecule is CCCC(CNC(=O)N1CC(C)OC(C)C1)C(=O)O. The van der Waals surface area contributed by atoms with E-state index in [1.54, 1.807) is 4.90 Å². The van der Waals surface area contributed by atoms with Gasteiger partial charge in [-0.3, -0.25) is 4.79 Å². The van der Waals surface area contributed by atoms with Gasteiger partial charge in [0.25, 0.3) is 0 Å². The molecule has 1 rings (SSSR count). The van der Waals surface area contributed by atoms with Crippen LogP contribution in [0.4, 0.5) is 4.79 Å². The Morgan fingerprint density at radius 1 is 1.37 bits per heavy atom. The van der Waals surface area contributed by atoms with E-state index in [0.717, 1.165) is 6.42 Å². The van der Waals surface area contributed by atoms with E-state index in [-0.39, 0.29) is 24.8 Å². The monoisotopic (exact) mass is 272 g/mol. The van der Waals surface area contributed by atoms with E-state index >= 15 is 0 Å². The third-order valence-electron chi connectivity index (χ3n) is 3.19. The largest absolute Gasteiger partial charge is 0.481 e. The second-order valence-electron chi connectivity index (χ2n) is 5.17. The third kappa shape index (κ3) is 5.06. The molecule has 3 unspecified atom stereocenters. The van der Waals surface area contributed by atoms with Crippen molar-refractivity contribution in [2.75, 3.05) is 19.6 Å². The van der Waals surface area contributed by atoms with Crippen LogP contribution in [0, 0.1) is 5.92 Å². The molecule has 0 aliphatic carbocycles. The first-order chi connectivity index (χ1) is 8.93. The van der Waals surface area contributed by atoms with Crippen LogP contribution >= 0.6 is 0 Å². The number of carboxylic acids is 1. The van der Waals surface area contributed by atoms with Crippen LogP contribution in [0.5, 0.6) is 0 Å². The van der Waals surface area contributed by atoms with Crippen molar-refractivity contribution in [3.8, 4) is 0 Å². The second kappa shape index (κ2) is 7.33. The fraction of sp³-hybridized carbons (Fsp3) is 0.846. The van der Waals surface area contributed by atoms with Gasteiger partial charge in [-0.25, -0.2) is 4.79 Å². The number of amides is 2. The van der Waals surface area contributed by atoms with E-state index in [9.17, 15) is 9.59 Å². The molecule has 0 aromatic rings. The van der Waals surface area contributed by atoms with Crippen molar-refractivity contribution in [3.05, 3.63) is 0 Å². The molecule has 0 aromatic heterocycles. The van der Waals surface area contributed by atoms with E-state index in [4.69, 9.17) is 9.84 Å². The minimum absolute atomic E-state index is 0.0143. The van der Waals surface area contributed by atoms with Crippen molar-refractivity contribution in [1.82, 2.24) is 10.2 Å². The number of carboxylic acid groups (broad SMARTS) is 1. The average molecular weight is 272 g/mol. The number of carbonyl (C=O) groups is 2. The van der Waals surface area contributed by atoms with Gasteiger partial charge in [-0.1, -0.05) is 13.3 Å². The number of aliphatic carboxylic acids is 1. The number of morpholine rings is 1. The maximum absolute atomic E-state index is 12.0. The molecule has 0 saturated carbocycles. The van der Waals surface area contributed by atoms with E-state index in [1.807, 2.05) is 20.8 Å². The second-order valence-corrected chi connectivity index (χ2v) is 5.17. The maximum Gasteiger partial charge on any atom is 0.317 e. The number of nitrogens with zero attached hydrogens (tertiary/aromatic N) is 1. The summed E-state index contributed by atoms with van der Waals surface area (Å²) >= 11 is 0. The number of rotatable bonds is 5. The number of ether oxygens (including phenoxy) is 1. The third-order valence-corrected chi connectivity index (χ3v) is 3.19. The number of hydrogen-bond acceptors (Lipinski definition) is 3. The molecule has 2 N–H and O–H groups in total. The predicted molar refractivity (Wildman–Crippen MR) is 71.0 cm³/mol. The van der Waals surface area contributed by atoms with Gasteiger partial charge >= 0.3 is 12.0 Å². The lowest BCUT2D eigenvalue weighted by atomic mass is 10.0. The minimum atomic E-state index is -0.856. The summed E-state index contributed by atoms with van der Waals surface area (Å²) in [5.41, 5.74) is 0. The van der Waals surface area contributed by atoms with Gasteiger partial charge in [-0.15, -0.1) is 0 Å². The molecule has 19 heavy (non-hydrogen) atoms. The van der Waals surface area contributed by atoms with Gasteiger partial charge in [-0.05, 0) is 20.3 Å². The molecule has 0 aromatic carbocycles. The zero-order chi connectivity index (χ0) is 14.4. The van der Waals surface area contributed by atoms with Crippen LogP contribution in [0.15, 0.2) is 0 Å². The quantitative estimate of drug-likeness (QED) is 0.791. The molecule has 3 atom stereocenters. The summed E-state index contributed by atoms with van der Waals surface area (Å²) in [6.45, 7) is 7.05. The van der Waals surface area contributed by atoms with Crippen molar-refractivity contribution < 1.29 is 19.4 Å². The number of nitrogens with one attached hydrogen (secondary N) is 1. The fourth-order valence-corrected chi connectivity index (χ4v) is 2.33. The molecule has 6 nitrogen and oxygen atoms in total. The summed E-state index contributed by atoms with van der Waals surface area (Å²) in [5, 5.41) is 11.7. The molecule has 110 valence electrons. The Balaban J connectivity index is 2.43. The number of carbonyl (C=O) groups excluding carboxylic acids is 1. The van der Waals surface area contributed by atoms with Gasteiger partial charge < -0.3 is 20.1 Å². The van der Waals surface area contributed by atoms with Crippen LogP contribution < -0.4 is 5.32 Å². The van der Waals surface area contributed by atoms with Crippen molar-refractivity contribution >= 4 is 12.0 Å². The highest BCUT2D eigenvalue weighted by Gasteiger charge is 2.26. The predicted octanol–water partition coefficient (Wildman–Crippen LogP) is 1.31. The first kappa shape index (κ1) is 15.8.